The lowest BCUT2D eigenvalue weighted by Gasteiger charge is -2.23. The number of esters is 1. The van der Waals surface area contributed by atoms with Crippen molar-refractivity contribution in [2.24, 2.45) is 0 Å². The lowest BCUT2D eigenvalue weighted by molar-refractivity contribution is -0.149. The van der Waals surface area contributed by atoms with E-state index in [1.165, 1.54) is 16.8 Å². The summed E-state index contributed by atoms with van der Waals surface area (Å²) in [4.78, 5) is 37.7. The zero-order chi connectivity index (χ0) is 23.1. The van der Waals surface area contributed by atoms with Gasteiger partial charge in [-0.1, -0.05) is 18.2 Å². The van der Waals surface area contributed by atoms with Crippen molar-refractivity contribution in [3.05, 3.63) is 63.4 Å². The summed E-state index contributed by atoms with van der Waals surface area (Å²) in [6.45, 7) is 5.45. The van der Waals surface area contributed by atoms with Crippen molar-refractivity contribution in [3.63, 3.8) is 0 Å². The van der Waals surface area contributed by atoms with Gasteiger partial charge in [0, 0.05) is 12.3 Å². The molecule has 0 amide bonds. The summed E-state index contributed by atoms with van der Waals surface area (Å²) in [6, 6.07) is 9.78. The number of aromatic nitrogens is 2. The van der Waals surface area contributed by atoms with Crippen molar-refractivity contribution in [3.8, 4) is 5.75 Å². The highest BCUT2D eigenvalue weighted by atomic mass is 31.2. The second-order valence-corrected chi connectivity index (χ2v) is 8.81. The Kier molecular flexibility index (Phi) is 8.58. The molecular formula is C21H28N3O7P. The van der Waals surface area contributed by atoms with Gasteiger partial charge in [0.2, 0.25) is 0 Å². The number of ether oxygens (including phenoxy) is 2. The average Bonchev–Trinajstić information content (AvgIpc) is 3.21. The summed E-state index contributed by atoms with van der Waals surface area (Å²) in [5, 5.41) is 3.05. The maximum Gasteiger partial charge on any atom is 0.330 e. The summed E-state index contributed by atoms with van der Waals surface area (Å²) in [6.07, 6.45) is 1.70. The number of hydrogen-bond donors (Lipinski definition) is 2. The van der Waals surface area contributed by atoms with E-state index in [1.54, 1.807) is 32.9 Å². The second kappa shape index (κ2) is 11.4. The van der Waals surface area contributed by atoms with E-state index in [2.05, 4.69) is 10.1 Å². The van der Waals surface area contributed by atoms with Crippen LogP contribution in [0.4, 0.5) is 0 Å². The number of aromatic amines is 1. The Morgan fingerprint density at radius 3 is 2.66 bits per heavy atom. The third-order valence-corrected chi connectivity index (χ3v) is 5.92. The average molecular weight is 465 g/mol. The molecule has 2 heterocycles. The fourth-order valence-corrected chi connectivity index (χ4v) is 4.25. The first-order valence-electron chi connectivity index (χ1n) is 10.4. The van der Waals surface area contributed by atoms with Crippen LogP contribution < -0.4 is 20.9 Å². The van der Waals surface area contributed by atoms with E-state index < -0.39 is 38.0 Å². The van der Waals surface area contributed by atoms with Crippen molar-refractivity contribution in [2.45, 2.75) is 58.1 Å². The summed E-state index contributed by atoms with van der Waals surface area (Å²) in [5.74, 6) is 0.197. The van der Waals surface area contributed by atoms with Crippen molar-refractivity contribution >= 4 is 14.5 Å². The summed E-state index contributed by atoms with van der Waals surface area (Å²) in [7, 11) is -1.68. The number of para-hydroxylation sites is 1. The molecule has 174 valence electrons. The lowest BCUT2D eigenvalue weighted by Crippen LogP contribution is -2.35. The van der Waals surface area contributed by atoms with E-state index in [0.717, 1.165) is 0 Å². The summed E-state index contributed by atoms with van der Waals surface area (Å²) < 4.78 is 24.4. The minimum atomic E-state index is -1.68. The number of rotatable bonds is 10. The van der Waals surface area contributed by atoms with Crippen LogP contribution in [-0.4, -0.2) is 40.4 Å². The maximum atomic E-state index is 12.2. The topological polar surface area (TPSA) is 121 Å². The molecule has 10 nitrogen and oxygen atoms in total. The van der Waals surface area contributed by atoms with Crippen molar-refractivity contribution < 1.29 is 23.3 Å². The lowest BCUT2D eigenvalue weighted by atomic mass is 10.2. The first-order chi connectivity index (χ1) is 15.3. The van der Waals surface area contributed by atoms with Crippen LogP contribution in [0.2, 0.25) is 0 Å². The molecule has 3 rings (SSSR count). The molecule has 3 unspecified atom stereocenters. The molecule has 0 saturated carbocycles. The molecule has 11 heteroatoms. The van der Waals surface area contributed by atoms with Crippen molar-refractivity contribution in [1.82, 2.24) is 14.6 Å². The number of H-pyrrole nitrogens is 1. The van der Waals surface area contributed by atoms with Crippen LogP contribution in [0.5, 0.6) is 5.75 Å². The van der Waals surface area contributed by atoms with Gasteiger partial charge in [-0.25, -0.2) is 9.88 Å². The third kappa shape index (κ3) is 7.00. The molecule has 1 fully saturated rings. The Bertz CT molecular complexity index is 995. The van der Waals surface area contributed by atoms with Crippen LogP contribution in [0.25, 0.3) is 0 Å². The van der Waals surface area contributed by atoms with Crippen LogP contribution in [0.15, 0.2) is 52.2 Å². The van der Waals surface area contributed by atoms with E-state index in [1.807, 2.05) is 18.2 Å². The fraction of sp³-hybridized carbons (Fsp3) is 0.476. The zero-order valence-electron chi connectivity index (χ0n) is 18.2. The Hall–Kier alpha value is -2.52. The van der Waals surface area contributed by atoms with Crippen LogP contribution >= 0.6 is 8.53 Å². The monoisotopic (exact) mass is 465 g/mol. The Labute approximate surface area is 186 Å². The summed E-state index contributed by atoms with van der Waals surface area (Å²) in [5.41, 5.74) is -0.970. The highest BCUT2D eigenvalue weighted by molar-refractivity contribution is 7.45. The molecule has 0 aliphatic carbocycles. The molecule has 1 aliphatic heterocycles. The van der Waals surface area contributed by atoms with Gasteiger partial charge in [-0.2, -0.15) is 0 Å². The Morgan fingerprint density at radius 2 is 1.97 bits per heavy atom. The SMILES string of the molecule is CC(C)OC(=O)C(C)N[P@](OCC1CCC(n2ccc(=O)[nH]c2=O)O1)Oc1ccccc1. The van der Waals surface area contributed by atoms with E-state index >= 15 is 0 Å². The number of nitrogens with one attached hydrogen (secondary N) is 2. The molecular weight excluding hydrogens is 437 g/mol. The molecule has 1 saturated heterocycles. The number of hydrogen-bond acceptors (Lipinski definition) is 8. The Balaban J connectivity index is 1.60. The van der Waals surface area contributed by atoms with Crippen molar-refractivity contribution in [2.75, 3.05) is 6.61 Å². The van der Waals surface area contributed by atoms with Gasteiger partial charge in [0.25, 0.3) is 5.56 Å². The fourth-order valence-electron chi connectivity index (χ4n) is 3.03. The van der Waals surface area contributed by atoms with Crippen LogP contribution in [0.3, 0.4) is 0 Å². The standard InChI is InChI=1S/C21H28N3O7P/c1-14(2)29-20(26)15(3)23-32(31-16-7-5-4-6-8-16)28-13-17-9-10-19(30-17)24-12-11-18(25)22-21(24)27/h4-8,11-12,14-15,17,19,23H,9-10,13H2,1-3H3,(H,22,25,27)/t15?,17?,19?,32-/m1/s1. The molecule has 32 heavy (non-hydrogen) atoms. The Morgan fingerprint density at radius 1 is 1.22 bits per heavy atom. The molecule has 0 radical (unpaired) electrons. The number of nitrogens with zero attached hydrogens (tertiary/aromatic N) is 1. The predicted molar refractivity (Wildman–Crippen MR) is 118 cm³/mol. The largest absolute Gasteiger partial charge is 0.462 e. The minimum absolute atomic E-state index is 0.200. The molecule has 1 aliphatic rings. The molecule has 2 aromatic rings. The first kappa shape index (κ1) is 24.1. The van der Waals surface area contributed by atoms with Gasteiger partial charge in [-0.15, -0.1) is 0 Å². The molecule has 0 bridgehead atoms. The van der Waals surface area contributed by atoms with Crippen LogP contribution in [0, 0.1) is 0 Å². The third-order valence-electron chi connectivity index (χ3n) is 4.56. The van der Waals surface area contributed by atoms with Crippen LogP contribution in [-0.2, 0) is 18.8 Å². The van der Waals surface area contributed by atoms with E-state index in [9.17, 15) is 14.4 Å². The number of benzene rings is 1. The van der Waals surface area contributed by atoms with Gasteiger partial charge in [0.15, 0.2) is 0 Å². The highest BCUT2D eigenvalue weighted by Crippen LogP contribution is 2.38. The smallest absolute Gasteiger partial charge is 0.330 e. The quantitative estimate of drug-likeness (QED) is 0.406. The van der Waals surface area contributed by atoms with E-state index in [-0.39, 0.29) is 18.8 Å². The van der Waals surface area contributed by atoms with Crippen molar-refractivity contribution in [1.29, 1.82) is 0 Å². The summed E-state index contributed by atoms with van der Waals surface area (Å²) >= 11 is 0. The van der Waals surface area contributed by atoms with Gasteiger partial charge >= 0.3 is 20.2 Å². The molecule has 0 spiro atoms. The molecule has 1 aromatic heterocycles. The number of carbonyl (C=O) groups is 1. The van der Waals surface area contributed by atoms with Gasteiger partial charge < -0.3 is 18.5 Å². The minimum Gasteiger partial charge on any atom is -0.462 e. The van der Waals surface area contributed by atoms with Gasteiger partial charge in [-0.05, 0) is 45.7 Å². The normalized spacial score (nSPS) is 20.1. The zero-order valence-corrected chi connectivity index (χ0v) is 19.1. The second-order valence-electron chi connectivity index (χ2n) is 7.60. The molecule has 4 atom stereocenters. The van der Waals surface area contributed by atoms with Gasteiger partial charge in [0.1, 0.15) is 18.0 Å². The van der Waals surface area contributed by atoms with Gasteiger partial charge in [0.05, 0.1) is 18.8 Å². The maximum absolute atomic E-state index is 12.2. The first-order valence-corrected chi connectivity index (χ1v) is 11.6. The van der Waals surface area contributed by atoms with Gasteiger partial charge in [-0.3, -0.25) is 19.1 Å². The highest BCUT2D eigenvalue weighted by Gasteiger charge is 2.30. The molecule has 1 aromatic carbocycles. The number of carbonyl (C=O) groups excluding carboxylic acids is 1. The van der Waals surface area contributed by atoms with Crippen LogP contribution in [0.1, 0.15) is 39.8 Å². The predicted octanol–water partition coefficient (Wildman–Crippen LogP) is 2.47. The molecule has 2 N–H and O–H groups in total. The van der Waals surface area contributed by atoms with E-state index in [0.29, 0.717) is 18.6 Å². The van der Waals surface area contributed by atoms with E-state index in [4.69, 9.17) is 18.5 Å².